The fraction of sp³-hybridized carbons (Fsp3) is 0.0217. The van der Waals surface area contributed by atoms with Crippen LogP contribution in [0.2, 0.25) is 0 Å². The maximum absolute atomic E-state index is 5.19. The van der Waals surface area contributed by atoms with E-state index in [0.29, 0.717) is 0 Å². The summed E-state index contributed by atoms with van der Waals surface area (Å²) in [4.78, 5) is 5.19. The first-order valence-corrected chi connectivity index (χ1v) is 17.8. The number of hydrogen-bond acceptors (Lipinski definition) is 3. The van der Waals surface area contributed by atoms with E-state index in [0.717, 1.165) is 33.8 Å². The fourth-order valence-corrected chi connectivity index (χ4v) is 8.68. The first-order valence-electron chi connectivity index (χ1n) is 17.0. The molecule has 4 heteroatoms. The molecule has 50 heavy (non-hydrogen) atoms. The normalized spacial score (nSPS) is 14.6. The standard InChI is InChI=1S/C46H31N3S/c1-3-12-30(13-4-1)40-29-41(31-14-5-2-6-15-31)48-46(47-40)32-22-25-34(26-23-32)49-42-20-9-7-16-36(42)39-28-33(24-27-43(39)49)35-18-11-19-38-37-17-8-10-21-44(37)50-45(35)38/h1-29,46-47H. The Morgan fingerprint density at radius 2 is 1.20 bits per heavy atom. The summed E-state index contributed by atoms with van der Waals surface area (Å²) in [6.07, 6.45) is 1.94. The van der Waals surface area contributed by atoms with Crippen molar-refractivity contribution in [3.63, 3.8) is 0 Å². The minimum Gasteiger partial charge on any atom is -0.360 e. The molecule has 7 aromatic carbocycles. The average molecular weight is 658 g/mol. The molecule has 236 valence electrons. The monoisotopic (exact) mass is 657 g/mol. The van der Waals surface area contributed by atoms with Gasteiger partial charge in [-0.15, -0.1) is 11.3 Å². The van der Waals surface area contributed by atoms with Crippen molar-refractivity contribution < 1.29 is 0 Å². The second-order valence-electron chi connectivity index (χ2n) is 12.8. The van der Waals surface area contributed by atoms with Gasteiger partial charge in [0.15, 0.2) is 0 Å². The highest BCUT2D eigenvalue weighted by Crippen LogP contribution is 2.42. The summed E-state index contributed by atoms with van der Waals surface area (Å²) in [5, 5.41) is 8.86. The number of benzene rings is 7. The molecule has 0 radical (unpaired) electrons. The molecule has 0 amide bonds. The van der Waals surface area contributed by atoms with Crippen molar-refractivity contribution in [1.82, 2.24) is 9.88 Å². The van der Waals surface area contributed by atoms with Crippen LogP contribution in [0.5, 0.6) is 0 Å². The molecule has 0 fully saturated rings. The first kappa shape index (κ1) is 28.8. The lowest BCUT2D eigenvalue weighted by atomic mass is 10.0. The van der Waals surface area contributed by atoms with Crippen LogP contribution >= 0.6 is 11.3 Å². The van der Waals surface area contributed by atoms with Gasteiger partial charge in [0.2, 0.25) is 0 Å². The SMILES string of the molecule is C1=C(c2ccccc2)NC(c2ccc(-n3c4ccccc4c4cc(-c5cccc6c5sc5ccccc56)ccc43)cc2)N=C1c1ccccc1. The van der Waals surface area contributed by atoms with Gasteiger partial charge in [-0.05, 0) is 70.3 Å². The highest BCUT2D eigenvalue weighted by atomic mass is 32.1. The quantitative estimate of drug-likeness (QED) is 0.196. The summed E-state index contributed by atoms with van der Waals surface area (Å²) < 4.78 is 5.06. The molecule has 1 N–H and O–H groups in total. The topological polar surface area (TPSA) is 29.3 Å². The Bertz CT molecular complexity index is 2770. The second kappa shape index (κ2) is 11.7. The minimum atomic E-state index is -0.211. The molecule has 3 nitrogen and oxygen atoms in total. The highest BCUT2D eigenvalue weighted by molar-refractivity contribution is 7.26. The summed E-state index contributed by atoms with van der Waals surface area (Å²) in [6, 6.07) is 60.9. The van der Waals surface area contributed by atoms with Crippen molar-refractivity contribution >= 4 is 64.7 Å². The Morgan fingerprint density at radius 3 is 2.02 bits per heavy atom. The zero-order chi connectivity index (χ0) is 33.0. The smallest absolute Gasteiger partial charge is 0.145 e. The van der Waals surface area contributed by atoms with Crippen molar-refractivity contribution in [2.24, 2.45) is 4.99 Å². The minimum absolute atomic E-state index is 0.211. The van der Waals surface area contributed by atoms with Gasteiger partial charge in [-0.25, -0.2) is 0 Å². The van der Waals surface area contributed by atoms with Crippen LogP contribution in [0.15, 0.2) is 181 Å². The van der Waals surface area contributed by atoms with Gasteiger partial charge in [0.1, 0.15) is 6.17 Å². The molecule has 1 aliphatic rings. The van der Waals surface area contributed by atoms with Gasteiger partial charge in [0, 0.05) is 42.3 Å². The number of hydrogen-bond donors (Lipinski definition) is 1. The molecule has 0 aliphatic carbocycles. The Morgan fingerprint density at radius 1 is 0.520 bits per heavy atom. The number of thiophene rings is 1. The number of allylic oxidation sites excluding steroid dienone is 1. The lowest BCUT2D eigenvalue weighted by molar-refractivity contribution is 0.664. The number of fused-ring (bicyclic) bond motifs is 6. The summed E-state index contributed by atoms with van der Waals surface area (Å²) in [7, 11) is 0. The van der Waals surface area contributed by atoms with Gasteiger partial charge < -0.3 is 9.88 Å². The Hall–Kier alpha value is -6.23. The van der Waals surface area contributed by atoms with Gasteiger partial charge in [-0.2, -0.15) is 0 Å². The molecule has 0 bridgehead atoms. The molecule has 3 heterocycles. The maximum Gasteiger partial charge on any atom is 0.145 e. The molecular weight excluding hydrogens is 627 g/mol. The third-order valence-corrected chi connectivity index (χ3v) is 11.1. The molecule has 0 saturated carbocycles. The van der Waals surface area contributed by atoms with Crippen LogP contribution < -0.4 is 5.32 Å². The number of nitrogens with zero attached hydrogens (tertiary/aromatic N) is 2. The third-order valence-electron chi connectivity index (χ3n) is 9.85. The van der Waals surface area contributed by atoms with Crippen LogP contribution in [0.3, 0.4) is 0 Å². The van der Waals surface area contributed by atoms with E-state index in [9.17, 15) is 0 Å². The molecule has 10 rings (SSSR count). The molecule has 9 aromatic rings. The predicted molar refractivity (Wildman–Crippen MR) is 212 cm³/mol. The van der Waals surface area contributed by atoms with E-state index < -0.39 is 0 Å². The van der Waals surface area contributed by atoms with Crippen molar-refractivity contribution in [2.45, 2.75) is 6.17 Å². The number of nitrogens with one attached hydrogen (secondary N) is 1. The van der Waals surface area contributed by atoms with Gasteiger partial charge in [0.25, 0.3) is 0 Å². The lowest BCUT2D eigenvalue weighted by Crippen LogP contribution is -2.24. The highest BCUT2D eigenvalue weighted by Gasteiger charge is 2.20. The number of para-hydroxylation sites is 1. The molecule has 1 atom stereocenters. The van der Waals surface area contributed by atoms with Gasteiger partial charge >= 0.3 is 0 Å². The summed E-state index contributed by atoms with van der Waals surface area (Å²) in [6.45, 7) is 0. The largest absolute Gasteiger partial charge is 0.360 e. The van der Waals surface area contributed by atoms with E-state index in [1.54, 1.807) is 0 Å². The maximum atomic E-state index is 5.19. The zero-order valence-electron chi connectivity index (χ0n) is 27.1. The lowest BCUT2D eigenvalue weighted by Gasteiger charge is -2.25. The van der Waals surface area contributed by atoms with Crippen molar-refractivity contribution in [2.75, 3.05) is 0 Å². The van der Waals surface area contributed by atoms with E-state index in [-0.39, 0.29) is 6.17 Å². The van der Waals surface area contributed by atoms with E-state index >= 15 is 0 Å². The van der Waals surface area contributed by atoms with Crippen molar-refractivity contribution in [3.05, 3.63) is 193 Å². The van der Waals surface area contributed by atoms with Gasteiger partial charge in [-0.1, -0.05) is 133 Å². The third kappa shape index (κ3) is 4.76. The predicted octanol–water partition coefficient (Wildman–Crippen LogP) is 12.0. The van der Waals surface area contributed by atoms with E-state index in [4.69, 9.17) is 4.99 Å². The molecule has 0 spiro atoms. The van der Waals surface area contributed by atoms with Crippen LogP contribution in [0, 0.1) is 0 Å². The first-order chi connectivity index (χ1) is 24.8. The Balaban J connectivity index is 1.06. The van der Waals surface area contributed by atoms with E-state index in [2.05, 4.69) is 180 Å². The van der Waals surface area contributed by atoms with E-state index in [1.165, 1.54) is 53.1 Å². The zero-order valence-corrected chi connectivity index (χ0v) is 27.9. The Labute approximate surface area is 294 Å². The van der Waals surface area contributed by atoms with Gasteiger partial charge in [0.05, 0.1) is 16.7 Å². The Kier molecular flexibility index (Phi) is 6.74. The molecule has 0 saturated heterocycles. The van der Waals surface area contributed by atoms with Gasteiger partial charge in [-0.3, -0.25) is 4.99 Å². The summed E-state index contributed by atoms with van der Waals surface area (Å²) >= 11 is 1.88. The number of aliphatic imine (C=N–C) groups is 1. The average Bonchev–Trinajstić information content (AvgIpc) is 3.74. The summed E-state index contributed by atoms with van der Waals surface area (Å²) in [5.74, 6) is 0. The molecule has 1 unspecified atom stereocenters. The van der Waals surface area contributed by atoms with Crippen LogP contribution in [-0.2, 0) is 0 Å². The fourth-order valence-electron chi connectivity index (χ4n) is 7.44. The number of aromatic nitrogens is 1. The molecule has 1 aliphatic heterocycles. The molecule has 2 aromatic heterocycles. The number of rotatable bonds is 5. The second-order valence-corrected chi connectivity index (χ2v) is 13.9. The summed E-state index contributed by atoms with van der Waals surface area (Å²) in [5.41, 5.74) is 11.5. The van der Waals surface area contributed by atoms with E-state index in [1.807, 2.05) is 17.4 Å². The van der Waals surface area contributed by atoms with Crippen LogP contribution in [-0.4, -0.2) is 10.3 Å². The van der Waals surface area contributed by atoms with Crippen molar-refractivity contribution in [1.29, 1.82) is 0 Å². The van der Waals surface area contributed by atoms with Crippen molar-refractivity contribution in [3.8, 4) is 16.8 Å². The van der Waals surface area contributed by atoms with Crippen LogP contribution in [0.1, 0.15) is 22.9 Å². The molecular formula is C46H31N3S. The van der Waals surface area contributed by atoms with Crippen LogP contribution in [0.4, 0.5) is 0 Å². The van der Waals surface area contributed by atoms with Crippen LogP contribution in [0.25, 0.3) is 64.5 Å².